The SMILES string of the molecule is CCCNC(CC1CCCCO1)c1cccc(OC)c1. The van der Waals surface area contributed by atoms with Gasteiger partial charge in [-0.15, -0.1) is 0 Å². The second-order valence-corrected chi connectivity index (χ2v) is 5.51. The van der Waals surface area contributed by atoms with Gasteiger partial charge in [0.2, 0.25) is 0 Å². The van der Waals surface area contributed by atoms with Crippen molar-refractivity contribution in [2.24, 2.45) is 0 Å². The minimum atomic E-state index is 0.355. The topological polar surface area (TPSA) is 30.5 Å². The summed E-state index contributed by atoms with van der Waals surface area (Å²) in [4.78, 5) is 0. The van der Waals surface area contributed by atoms with Gasteiger partial charge < -0.3 is 14.8 Å². The first-order chi connectivity index (χ1) is 9.83. The summed E-state index contributed by atoms with van der Waals surface area (Å²) in [6, 6.07) is 8.73. The third-order valence-electron chi connectivity index (χ3n) is 3.91. The Balaban J connectivity index is 2.04. The molecule has 0 aromatic heterocycles. The number of hydrogen-bond donors (Lipinski definition) is 1. The fourth-order valence-corrected chi connectivity index (χ4v) is 2.77. The lowest BCUT2D eigenvalue weighted by Crippen LogP contribution is -2.29. The van der Waals surface area contributed by atoms with Gasteiger partial charge in [0.05, 0.1) is 13.2 Å². The van der Waals surface area contributed by atoms with Crippen LogP contribution in [0.2, 0.25) is 0 Å². The van der Waals surface area contributed by atoms with Gasteiger partial charge in [-0.25, -0.2) is 0 Å². The van der Waals surface area contributed by atoms with Gasteiger partial charge in [0.15, 0.2) is 0 Å². The predicted octanol–water partition coefficient (Wildman–Crippen LogP) is 3.70. The summed E-state index contributed by atoms with van der Waals surface area (Å²) in [5.74, 6) is 0.926. The first-order valence-corrected chi connectivity index (χ1v) is 7.82. The van der Waals surface area contributed by atoms with Crippen LogP contribution in [-0.4, -0.2) is 26.4 Å². The number of hydrogen-bond acceptors (Lipinski definition) is 3. The largest absolute Gasteiger partial charge is 0.497 e. The summed E-state index contributed by atoms with van der Waals surface area (Å²) >= 11 is 0. The highest BCUT2D eigenvalue weighted by Crippen LogP contribution is 2.27. The summed E-state index contributed by atoms with van der Waals surface area (Å²) < 4.78 is 11.2. The van der Waals surface area contributed by atoms with Crippen molar-refractivity contribution in [3.8, 4) is 5.75 Å². The highest BCUT2D eigenvalue weighted by molar-refractivity contribution is 5.30. The van der Waals surface area contributed by atoms with Gasteiger partial charge in [-0.05, 0) is 56.3 Å². The van der Waals surface area contributed by atoms with Crippen molar-refractivity contribution in [3.63, 3.8) is 0 Å². The van der Waals surface area contributed by atoms with E-state index in [4.69, 9.17) is 9.47 Å². The molecule has 0 radical (unpaired) electrons. The van der Waals surface area contributed by atoms with Gasteiger partial charge in [-0.2, -0.15) is 0 Å². The molecule has 2 atom stereocenters. The van der Waals surface area contributed by atoms with Crippen LogP contribution in [-0.2, 0) is 4.74 Å². The van der Waals surface area contributed by atoms with Crippen molar-refractivity contribution < 1.29 is 9.47 Å². The monoisotopic (exact) mass is 277 g/mol. The van der Waals surface area contributed by atoms with Crippen LogP contribution in [0.25, 0.3) is 0 Å². The Kier molecular flexibility index (Phi) is 6.34. The number of ether oxygens (including phenoxy) is 2. The molecule has 1 saturated heterocycles. The van der Waals surface area contributed by atoms with Crippen molar-refractivity contribution in [2.45, 2.75) is 51.2 Å². The van der Waals surface area contributed by atoms with Gasteiger partial charge in [-0.3, -0.25) is 0 Å². The Bertz CT molecular complexity index is 388. The van der Waals surface area contributed by atoms with Crippen molar-refractivity contribution in [1.82, 2.24) is 5.32 Å². The van der Waals surface area contributed by atoms with E-state index in [1.807, 2.05) is 6.07 Å². The van der Waals surface area contributed by atoms with E-state index in [1.54, 1.807) is 7.11 Å². The zero-order valence-corrected chi connectivity index (χ0v) is 12.7. The fraction of sp³-hybridized carbons (Fsp3) is 0.647. The molecule has 1 N–H and O–H groups in total. The molecule has 1 aliphatic rings. The molecule has 2 unspecified atom stereocenters. The molecule has 1 fully saturated rings. The molecule has 3 heteroatoms. The quantitative estimate of drug-likeness (QED) is 0.824. The Labute approximate surface area is 122 Å². The standard InChI is InChI=1S/C17H27NO2/c1-3-10-18-17(13-16-8-4-5-11-20-16)14-7-6-9-15(12-14)19-2/h6-7,9,12,16-18H,3-5,8,10-11,13H2,1-2H3. The molecular weight excluding hydrogens is 250 g/mol. The third kappa shape index (κ3) is 4.50. The minimum absolute atomic E-state index is 0.355. The van der Waals surface area contributed by atoms with Crippen LogP contribution in [0.3, 0.4) is 0 Å². The Morgan fingerprint density at radius 1 is 1.40 bits per heavy atom. The zero-order chi connectivity index (χ0) is 14.2. The van der Waals surface area contributed by atoms with E-state index in [9.17, 15) is 0 Å². The van der Waals surface area contributed by atoms with Crippen molar-refractivity contribution >= 4 is 0 Å². The molecule has 0 saturated carbocycles. The Hall–Kier alpha value is -1.06. The van der Waals surface area contributed by atoms with Crippen molar-refractivity contribution in [2.75, 3.05) is 20.3 Å². The molecule has 3 nitrogen and oxygen atoms in total. The Morgan fingerprint density at radius 3 is 3.00 bits per heavy atom. The minimum Gasteiger partial charge on any atom is -0.497 e. The van der Waals surface area contributed by atoms with Crippen LogP contribution in [0.15, 0.2) is 24.3 Å². The molecule has 112 valence electrons. The van der Waals surface area contributed by atoms with Gasteiger partial charge in [0.1, 0.15) is 5.75 Å². The lowest BCUT2D eigenvalue weighted by Gasteiger charge is -2.28. The van der Waals surface area contributed by atoms with Gasteiger partial charge in [-0.1, -0.05) is 19.1 Å². The van der Waals surface area contributed by atoms with Crippen LogP contribution in [0.5, 0.6) is 5.75 Å². The maximum absolute atomic E-state index is 5.90. The van der Waals surface area contributed by atoms with Crippen LogP contribution in [0.1, 0.15) is 50.6 Å². The molecule has 1 aliphatic heterocycles. The van der Waals surface area contributed by atoms with E-state index >= 15 is 0 Å². The zero-order valence-electron chi connectivity index (χ0n) is 12.7. The average molecular weight is 277 g/mol. The molecule has 0 spiro atoms. The van der Waals surface area contributed by atoms with Crippen LogP contribution in [0.4, 0.5) is 0 Å². The smallest absolute Gasteiger partial charge is 0.119 e. The van der Waals surface area contributed by atoms with E-state index in [-0.39, 0.29) is 0 Å². The molecule has 1 heterocycles. The third-order valence-corrected chi connectivity index (χ3v) is 3.91. The summed E-state index contributed by atoms with van der Waals surface area (Å²) in [5.41, 5.74) is 1.30. The van der Waals surface area contributed by atoms with E-state index in [0.29, 0.717) is 12.1 Å². The number of benzene rings is 1. The first-order valence-electron chi connectivity index (χ1n) is 7.82. The first kappa shape index (κ1) is 15.3. The second kappa shape index (κ2) is 8.28. The molecule has 1 aromatic carbocycles. The molecule has 0 amide bonds. The average Bonchev–Trinajstić information content (AvgIpc) is 2.52. The molecule has 20 heavy (non-hydrogen) atoms. The fourth-order valence-electron chi connectivity index (χ4n) is 2.77. The lowest BCUT2D eigenvalue weighted by molar-refractivity contribution is 0.00504. The molecular formula is C17H27NO2. The summed E-state index contributed by atoms with van der Waals surface area (Å²) in [5, 5.41) is 3.65. The van der Waals surface area contributed by atoms with E-state index in [1.165, 1.54) is 24.8 Å². The van der Waals surface area contributed by atoms with Crippen LogP contribution < -0.4 is 10.1 Å². The van der Waals surface area contributed by atoms with Crippen molar-refractivity contribution in [1.29, 1.82) is 0 Å². The molecule has 0 aliphatic carbocycles. The maximum atomic E-state index is 5.90. The molecule has 2 rings (SSSR count). The summed E-state index contributed by atoms with van der Waals surface area (Å²) in [6.45, 7) is 4.16. The van der Waals surface area contributed by atoms with Gasteiger partial charge in [0.25, 0.3) is 0 Å². The van der Waals surface area contributed by atoms with Crippen LogP contribution in [0, 0.1) is 0 Å². The number of rotatable bonds is 7. The summed E-state index contributed by atoms with van der Waals surface area (Å²) in [6.07, 6.45) is 6.28. The normalized spacial score (nSPS) is 20.6. The predicted molar refractivity (Wildman–Crippen MR) is 82.2 cm³/mol. The van der Waals surface area contributed by atoms with E-state index < -0.39 is 0 Å². The van der Waals surface area contributed by atoms with Gasteiger partial charge in [0, 0.05) is 12.6 Å². The number of nitrogens with one attached hydrogen (secondary N) is 1. The summed E-state index contributed by atoms with van der Waals surface area (Å²) in [7, 11) is 1.72. The highest BCUT2D eigenvalue weighted by Gasteiger charge is 2.20. The Morgan fingerprint density at radius 2 is 2.30 bits per heavy atom. The lowest BCUT2D eigenvalue weighted by atomic mass is 9.96. The molecule has 0 bridgehead atoms. The van der Waals surface area contributed by atoms with Crippen molar-refractivity contribution in [3.05, 3.63) is 29.8 Å². The maximum Gasteiger partial charge on any atom is 0.119 e. The number of methoxy groups -OCH3 is 1. The van der Waals surface area contributed by atoms with Crippen LogP contribution >= 0.6 is 0 Å². The second-order valence-electron chi connectivity index (χ2n) is 5.51. The molecule has 1 aromatic rings. The highest BCUT2D eigenvalue weighted by atomic mass is 16.5. The van der Waals surface area contributed by atoms with E-state index in [2.05, 4.69) is 30.4 Å². The van der Waals surface area contributed by atoms with Gasteiger partial charge >= 0.3 is 0 Å². The van der Waals surface area contributed by atoms with E-state index in [0.717, 1.165) is 31.7 Å².